The maximum absolute atomic E-state index is 14.6. The number of halogens is 2. The quantitative estimate of drug-likeness (QED) is 0.386. The van der Waals surface area contributed by atoms with Gasteiger partial charge in [0.2, 0.25) is 5.28 Å². The molecule has 0 aliphatic carbocycles. The molecular weight excluding hydrogens is 429 g/mol. The molecule has 1 aliphatic heterocycles. The smallest absolute Gasteiger partial charge is 0.226 e. The zero-order chi connectivity index (χ0) is 21.5. The van der Waals surface area contributed by atoms with Gasteiger partial charge in [0, 0.05) is 6.17 Å². The molecule has 0 saturated carbocycles. The lowest BCUT2D eigenvalue weighted by Gasteiger charge is -2.23. The molecule has 4 rings (SSSR count). The summed E-state index contributed by atoms with van der Waals surface area (Å²) >= 11 is 6.13. The van der Waals surface area contributed by atoms with Crippen LogP contribution < -0.4 is 10.5 Å². The highest BCUT2D eigenvalue weighted by molar-refractivity contribution is 6.90. The highest BCUT2D eigenvalue weighted by Crippen LogP contribution is 2.34. The van der Waals surface area contributed by atoms with Gasteiger partial charge in [-0.2, -0.15) is 9.97 Å². The van der Waals surface area contributed by atoms with E-state index in [-0.39, 0.29) is 10.9 Å². The molecule has 30 heavy (non-hydrogen) atoms. The summed E-state index contributed by atoms with van der Waals surface area (Å²) in [5.41, 5.74) is 0.713. The van der Waals surface area contributed by atoms with E-state index in [2.05, 4.69) is 45.5 Å². The number of hydrogen-bond acceptors (Lipinski definition) is 7. The van der Waals surface area contributed by atoms with Crippen LogP contribution in [0.25, 0.3) is 11.2 Å². The van der Waals surface area contributed by atoms with Crippen molar-refractivity contribution in [2.45, 2.75) is 37.7 Å². The minimum absolute atomic E-state index is 0.0152. The van der Waals surface area contributed by atoms with Crippen LogP contribution in [0.1, 0.15) is 6.23 Å². The van der Waals surface area contributed by atoms with Crippen LogP contribution in [0.15, 0.2) is 36.7 Å². The van der Waals surface area contributed by atoms with Crippen molar-refractivity contribution in [1.29, 1.82) is 0 Å². The van der Waals surface area contributed by atoms with E-state index in [0.717, 1.165) is 0 Å². The highest BCUT2D eigenvalue weighted by atomic mass is 35.5. The Kier molecular flexibility index (Phi) is 5.77. The maximum atomic E-state index is 14.6. The average Bonchev–Trinajstić information content (AvgIpc) is 3.28. The lowest BCUT2D eigenvalue weighted by molar-refractivity contribution is -0.0459. The normalized spacial score (nSPS) is 24.5. The second-order valence-electron chi connectivity index (χ2n) is 7.95. The third kappa shape index (κ3) is 3.81. The summed E-state index contributed by atoms with van der Waals surface area (Å²) in [6.45, 7) is 3.99. The Morgan fingerprint density at radius 1 is 1.27 bits per heavy atom. The molecule has 160 valence electrons. The highest BCUT2D eigenvalue weighted by Gasteiger charge is 2.45. The van der Waals surface area contributed by atoms with Crippen molar-refractivity contribution in [3.05, 3.63) is 41.9 Å². The first kappa shape index (κ1) is 21.1. The fourth-order valence-corrected chi connectivity index (χ4v) is 5.65. The van der Waals surface area contributed by atoms with E-state index in [0.29, 0.717) is 17.5 Å². The zero-order valence-electron chi connectivity index (χ0n) is 16.5. The molecular formula is C19H23ClFN5O3Si. The monoisotopic (exact) mass is 451 g/mol. The van der Waals surface area contributed by atoms with Crippen LogP contribution in [0.5, 0.6) is 0 Å². The Labute approximate surface area is 178 Å². The Morgan fingerprint density at radius 3 is 2.67 bits per heavy atom. The fraction of sp³-hybridized carbons (Fsp3) is 0.421. The van der Waals surface area contributed by atoms with Gasteiger partial charge in [-0.25, -0.2) is 9.37 Å². The van der Waals surface area contributed by atoms with Crippen LogP contribution in [-0.2, 0) is 4.74 Å². The van der Waals surface area contributed by atoms with Crippen molar-refractivity contribution in [2.24, 2.45) is 0 Å². The number of imidazole rings is 1. The fourth-order valence-electron chi connectivity index (χ4n) is 3.57. The first-order valence-electron chi connectivity index (χ1n) is 9.60. The van der Waals surface area contributed by atoms with Gasteiger partial charge in [-0.1, -0.05) is 48.6 Å². The van der Waals surface area contributed by atoms with Crippen LogP contribution in [0.3, 0.4) is 0 Å². The predicted octanol–water partition coefficient (Wildman–Crippen LogP) is 1.64. The Hall–Kier alpha value is -2.11. The van der Waals surface area contributed by atoms with Crippen molar-refractivity contribution in [3.8, 4) is 0 Å². The molecule has 11 heteroatoms. The standard InChI is InChI=1S/C19H23ClFN5O3Si/c1-30(2,11-6-4-3-5-7-11)10-23-16-14-17(25-19(20)24-16)26(9-22-14)18-13(21)15(28)12(8-27)29-18/h3-7,9,12-13,15,18,27-28H,8,10H2,1-2H3,(H,23,24,25). The topological polar surface area (TPSA) is 105 Å². The number of alkyl halides is 1. The molecule has 3 heterocycles. The molecule has 2 aromatic heterocycles. The number of fused-ring (bicyclic) bond motifs is 1. The van der Waals surface area contributed by atoms with Gasteiger partial charge in [0.1, 0.15) is 20.3 Å². The lowest BCUT2D eigenvalue weighted by atomic mass is 10.1. The van der Waals surface area contributed by atoms with Crippen LogP contribution >= 0.6 is 11.6 Å². The summed E-state index contributed by atoms with van der Waals surface area (Å²) in [5.74, 6) is 0.452. The second kappa shape index (κ2) is 8.20. The van der Waals surface area contributed by atoms with E-state index in [1.807, 2.05) is 18.2 Å². The van der Waals surface area contributed by atoms with E-state index in [1.165, 1.54) is 16.1 Å². The van der Waals surface area contributed by atoms with Crippen molar-refractivity contribution < 1.29 is 19.3 Å². The van der Waals surface area contributed by atoms with Gasteiger partial charge >= 0.3 is 0 Å². The number of nitrogens with zero attached hydrogens (tertiary/aromatic N) is 4. The van der Waals surface area contributed by atoms with E-state index in [1.54, 1.807) is 0 Å². The van der Waals surface area contributed by atoms with Crippen molar-refractivity contribution in [2.75, 3.05) is 18.1 Å². The van der Waals surface area contributed by atoms with Crippen molar-refractivity contribution in [1.82, 2.24) is 19.5 Å². The van der Waals surface area contributed by atoms with Gasteiger partial charge in [0.25, 0.3) is 0 Å². The molecule has 0 radical (unpaired) electrons. The van der Waals surface area contributed by atoms with Gasteiger partial charge in [-0.15, -0.1) is 0 Å². The van der Waals surface area contributed by atoms with Gasteiger partial charge < -0.3 is 20.3 Å². The Bertz CT molecular complexity index is 1040. The SMILES string of the molecule is C[Si](C)(CNc1nc(Cl)nc2c1ncn2C1OC(CO)C(O)C1F)c1ccccc1. The van der Waals surface area contributed by atoms with Crippen LogP contribution in [0.4, 0.5) is 10.2 Å². The first-order valence-corrected chi connectivity index (χ1v) is 13.2. The molecule has 0 spiro atoms. The molecule has 1 aromatic carbocycles. The number of anilines is 1. The van der Waals surface area contributed by atoms with Crippen LogP contribution in [0.2, 0.25) is 18.4 Å². The molecule has 1 saturated heterocycles. The number of aromatic nitrogens is 4. The molecule has 8 nitrogen and oxygen atoms in total. The van der Waals surface area contributed by atoms with E-state index >= 15 is 0 Å². The number of aliphatic hydroxyl groups is 2. The molecule has 4 unspecified atom stereocenters. The Balaban J connectivity index is 1.63. The lowest BCUT2D eigenvalue weighted by Crippen LogP contribution is -2.48. The summed E-state index contributed by atoms with van der Waals surface area (Å²) in [5, 5.41) is 23.8. The Morgan fingerprint density at radius 2 is 2.00 bits per heavy atom. The van der Waals surface area contributed by atoms with E-state index < -0.39 is 39.3 Å². The molecule has 4 atom stereocenters. The largest absolute Gasteiger partial charge is 0.394 e. The molecule has 0 bridgehead atoms. The summed E-state index contributed by atoms with van der Waals surface area (Å²) in [6.07, 6.45) is -3.31. The molecule has 0 amide bonds. The van der Waals surface area contributed by atoms with Crippen molar-refractivity contribution >= 4 is 41.8 Å². The van der Waals surface area contributed by atoms with E-state index in [9.17, 15) is 14.6 Å². The molecule has 1 fully saturated rings. The zero-order valence-corrected chi connectivity index (χ0v) is 18.3. The number of ether oxygens (including phenoxy) is 1. The van der Waals surface area contributed by atoms with Gasteiger partial charge in [0.15, 0.2) is 29.4 Å². The third-order valence-electron chi connectivity index (χ3n) is 5.40. The summed E-state index contributed by atoms with van der Waals surface area (Å²) in [6, 6.07) is 10.3. The third-order valence-corrected chi connectivity index (χ3v) is 8.52. The molecule has 3 aromatic rings. The van der Waals surface area contributed by atoms with Gasteiger partial charge in [-0.3, -0.25) is 4.57 Å². The van der Waals surface area contributed by atoms with Crippen LogP contribution in [0, 0.1) is 0 Å². The summed E-state index contributed by atoms with van der Waals surface area (Å²) < 4.78 is 21.4. The number of hydrogen-bond donors (Lipinski definition) is 3. The van der Waals surface area contributed by atoms with Crippen LogP contribution in [-0.4, -0.2) is 69.0 Å². The minimum Gasteiger partial charge on any atom is -0.394 e. The number of nitrogens with one attached hydrogen (secondary N) is 1. The predicted molar refractivity (Wildman–Crippen MR) is 114 cm³/mol. The molecule has 1 aliphatic rings. The second-order valence-corrected chi connectivity index (χ2v) is 13.0. The summed E-state index contributed by atoms with van der Waals surface area (Å²) in [4.78, 5) is 12.8. The van der Waals surface area contributed by atoms with E-state index in [4.69, 9.17) is 16.3 Å². The molecule has 3 N–H and O–H groups in total. The first-order chi connectivity index (χ1) is 14.3. The number of rotatable bonds is 6. The minimum atomic E-state index is -1.81. The average molecular weight is 452 g/mol. The van der Waals surface area contributed by atoms with Crippen molar-refractivity contribution in [3.63, 3.8) is 0 Å². The number of aliphatic hydroxyl groups excluding tert-OH is 2. The van der Waals surface area contributed by atoms with Gasteiger partial charge in [0.05, 0.1) is 12.9 Å². The number of benzene rings is 1. The van der Waals surface area contributed by atoms with Gasteiger partial charge in [-0.05, 0) is 11.6 Å². The summed E-state index contributed by atoms with van der Waals surface area (Å²) in [7, 11) is -1.81. The maximum Gasteiger partial charge on any atom is 0.226 e.